The lowest BCUT2D eigenvalue weighted by molar-refractivity contribution is -0.385. The van der Waals surface area contributed by atoms with Crippen molar-refractivity contribution in [1.29, 1.82) is 0 Å². The minimum absolute atomic E-state index is 0.00361. The first-order valence-electron chi connectivity index (χ1n) is 8.34. The number of nitrogens with zero attached hydrogens (tertiary/aromatic N) is 1. The molecule has 27 heavy (non-hydrogen) atoms. The number of amides is 1. The molecule has 1 N–H and O–H groups in total. The molecule has 0 radical (unpaired) electrons. The van der Waals surface area contributed by atoms with Crippen molar-refractivity contribution in [2.45, 2.75) is 18.9 Å². The Labute approximate surface area is 154 Å². The van der Waals surface area contributed by atoms with E-state index in [0.717, 1.165) is 18.9 Å². The summed E-state index contributed by atoms with van der Waals surface area (Å²) in [6, 6.07) is 2.63. The van der Waals surface area contributed by atoms with E-state index < -0.39 is 23.4 Å². The van der Waals surface area contributed by atoms with Gasteiger partial charge in [0.05, 0.1) is 22.7 Å². The molecular formula is C17H18N2O8. The number of benzene rings is 1. The van der Waals surface area contributed by atoms with E-state index in [0.29, 0.717) is 18.9 Å². The quantitative estimate of drug-likeness (QED) is 0.324. The topological polar surface area (TPSA) is 126 Å². The maximum Gasteiger partial charge on any atom is 0.331 e. The Hall–Kier alpha value is -3.14. The number of nitro groups is 1. The lowest BCUT2D eigenvalue weighted by Gasteiger charge is -2.10. The van der Waals surface area contributed by atoms with Gasteiger partial charge in [-0.25, -0.2) is 4.79 Å². The molecule has 0 spiro atoms. The average molecular weight is 378 g/mol. The van der Waals surface area contributed by atoms with Gasteiger partial charge >= 0.3 is 5.97 Å². The van der Waals surface area contributed by atoms with E-state index >= 15 is 0 Å². The third-order valence-corrected chi connectivity index (χ3v) is 4.01. The van der Waals surface area contributed by atoms with Crippen molar-refractivity contribution in [3.8, 4) is 11.5 Å². The summed E-state index contributed by atoms with van der Waals surface area (Å²) in [5.74, 6) is -0.623. The van der Waals surface area contributed by atoms with Gasteiger partial charge in [-0.3, -0.25) is 14.9 Å². The van der Waals surface area contributed by atoms with Crippen molar-refractivity contribution >= 4 is 23.6 Å². The first-order chi connectivity index (χ1) is 13.0. The van der Waals surface area contributed by atoms with Gasteiger partial charge in [0.2, 0.25) is 6.79 Å². The number of esters is 1. The summed E-state index contributed by atoms with van der Waals surface area (Å²) in [7, 11) is 0. The summed E-state index contributed by atoms with van der Waals surface area (Å²) >= 11 is 0. The maximum absolute atomic E-state index is 11.8. The van der Waals surface area contributed by atoms with Crippen LogP contribution in [0.2, 0.25) is 0 Å². The normalized spacial score (nSPS) is 17.9. The van der Waals surface area contributed by atoms with Crippen LogP contribution in [-0.2, 0) is 19.1 Å². The lowest BCUT2D eigenvalue weighted by Crippen LogP contribution is -2.34. The van der Waals surface area contributed by atoms with Crippen molar-refractivity contribution in [2.24, 2.45) is 0 Å². The molecule has 144 valence electrons. The minimum atomic E-state index is -0.797. The van der Waals surface area contributed by atoms with Crippen LogP contribution in [0, 0.1) is 10.1 Å². The molecule has 0 saturated carbocycles. The highest BCUT2D eigenvalue weighted by molar-refractivity contribution is 5.90. The number of carbonyl (C=O) groups excluding carboxylic acids is 2. The highest BCUT2D eigenvalue weighted by Crippen LogP contribution is 2.38. The number of hydrogen-bond acceptors (Lipinski definition) is 8. The van der Waals surface area contributed by atoms with Gasteiger partial charge in [-0.1, -0.05) is 0 Å². The second-order valence-electron chi connectivity index (χ2n) is 5.90. The van der Waals surface area contributed by atoms with Crippen molar-refractivity contribution in [2.75, 3.05) is 26.6 Å². The predicted molar refractivity (Wildman–Crippen MR) is 91.2 cm³/mol. The molecule has 1 atom stereocenters. The number of nitrogens with one attached hydrogen (secondary N) is 1. The van der Waals surface area contributed by atoms with Crippen LogP contribution in [-0.4, -0.2) is 49.5 Å². The fraction of sp³-hybridized carbons (Fsp3) is 0.412. The Morgan fingerprint density at radius 2 is 2.11 bits per heavy atom. The number of hydrogen-bond donors (Lipinski definition) is 1. The molecular weight excluding hydrogens is 360 g/mol. The number of rotatable bonds is 7. The van der Waals surface area contributed by atoms with Crippen LogP contribution in [0.1, 0.15) is 18.4 Å². The van der Waals surface area contributed by atoms with Gasteiger partial charge in [-0.2, -0.15) is 0 Å². The molecule has 0 aliphatic carbocycles. The summed E-state index contributed by atoms with van der Waals surface area (Å²) in [5.41, 5.74) is -0.0818. The zero-order chi connectivity index (χ0) is 19.2. The smallest absolute Gasteiger partial charge is 0.331 e. The summed E-state index contributed by atoms with van der Waals surface area (Å²) in [6.07, 6.45) is 4.09. The van der Waals surface area contributed by atoms with E-state index in [1.165, 1.54) is 18.2 Å². The fourth-order valence-corrected chi connectivity index (χ4v) is 2.67. The molecule has 2 heterocycles. The van der Waals surface area contributed by atoms with Crippen molar-refractivity contribution in [1.82, 2.24) is 5.32 Å². The lowest BCUT2D eigenvalue weighted by atomic mass is 10.1. The number of fused-ring (bicyclic) bond motifs is 1. The van der Waals surface area contributed by atoms with Gasteiger partial charge in [0.25, 0.3) is 11.6 Å². The second-order valence-corrected chi connectivity index (χ2v) is 5.90. The number of nitro benzene ring substituents is 1. The van der Waals surface area contributed by atoms with Gasteiger partial charge in [0.1, 0.15) is 0 Å². The first-order valence-corrected chi connectivity index (χ1v) is 8.34. The van der Waals surface area contributed by atoms with E-state index in [2.05, 4.69) is 5.32 Å². The highest BCUT2D eigenvalue weighted by atomic mass is 16.7. The third kappa shape index (κ3) is 4.94. The molecule has 1 aromatic rings. The monoisotopic (exact) mass is 378 g/mol. The van der Waals surface area contributed by atoms with Crippen LogP contribution in [0.25, 0.3) is 6.08 Å². The maximum atomic E-state index is 11.8. The van der Waals surface area contributed by atoms with E-state index in [1.54, 1.807) is 0 Å². The van der Waals surface area contributed by atoms with Gasteiger partial charge in [0, 0.05) is 19.2 Å². The Bertz CT molecular complexity index is 770. The van der Waals surface area contributed by atoms with Crippen LogP contribution in [0.4, 0.5) is 5.69 Å². The molecule has 1 fully saturated rings. The van der Waals surface area contributed by atoms with Crippen LogP contribution >= 0.6 is 0 Å². The molecule has 0 bridgehead atoms. The SMILES string of the molecule is O=C(COC(=O)/C=C/c1cc2c(cc1[N+](=O)[O-])OCO2)NC[C@H]1CCCO1. The minimum Gasteiger partial charge on any atom is -0.454 e. The third-order valence-electron chi connectivity index (χ3n) is 4.01. The van der Waals surface area contributed by atoms with Crippen LogP contribution < -0.4 is 14.8 Å². The number of ether oxygens (including phenoxy) is 4. The van der Waals surface area contributed by atoms with E-state index in [4.69, 9.17) is 18.9 Å². The van der Waals surface area contributed by atoms with Gasteiger partial charge < -0.3 is 24.3 Å². The van der Waals surface area contributed by atoms with Crippen LogP contribution in [0.3, 0.4) is 0 Å². The Kier molecular flexibility index (Phi) is 5.87. The van der Waals surface area contributed by atoms with Gasteiger partial charge in [0.15, 0.2) is 18.1 Å². The highest BCUT2D eigenvalue weighted by Gasteiger charge is 2.22. The molecule has 1 saturated heterocycles. The zero-order valence-corrected chi connectivity index (χ0v) is 14.3. The molecule has 10 nitrogen and oxygen atoms in total. The van der Waals surface area contributed by atoms with Crippen molar-refractivity contribution in [3.63, 3.8) is 0 Å². The second kappa shape index (κ2) is 8.49. The molecule has 1 aromatic carbocycles. The van der Waals surface area contributed by atoms with Gasteiger partial charge in [-0.15, -0.1) is 0 Å². The largest absolute Gasteiger partial charge is 0.454 e. The first kappa shape index (κ1) is 18.6. The van der Waals surface area contributed by atoms with E-state index in [9.17, 15) is 19.7 Å². The molecule has 2 aliphatic rings. The molecule has 0 unspecified atom stereocenters. The molecule has 1 amide bonds. The van der Waals surface area contributed by atoms with Crippen molar-refractivity contribution < 1.29 is 33.5 Å². The van der Waals surface area contributed by atoms with E-state index in [-0.39, 0.29) is 29.9 Å². The summed E-state index contributed by atoms with van der Waals surface area (Å²) < 4.78 is 20.5. The van der Waals surface area contributed by atoms with Crippen molar-refractivity contribution in [3.05, 3.63) is 33.9 Å². The van der Waals surface area contributed by atoms with Crippen LogP contribution in [0.5, 0.6) is 11.5 Å². The number of carbonyl (C=O) groups is 2. The standard InChI is InChI=1S/C17H18N2O8/c20-16(18-8-12-2-1-5-24-12)9-25-17(21)4-3-11-6-14-15(27-10-26-14)7-13(11)19(22)23/h3-4,6-7,12H,1-2,5,8-10H2,(H,18,20)/b4-3+/t12-/m1/s1. The van der Waals surface area contributed by atoms with Gasteiger partial charge in [-0.05, 0) is 25.0 Å². The fourth-order valence-electron chi connectivity index (χ4n) is 2.67. The molecule has 2 aliphatic heterocycles. The summed E-state index contributed by atoms with van der Waals surface area (Å²) in [5, 5.41) is 13.8. The summed E-state index contributed by atoms with van der Waals surface area (Å²) in [4.78, 5) is 34.0. The summed E-state index contributed by atoms with van der Waals surface area (Å²) in [6.45, 7) is 0.587. The molecule has 0 aromatic heterocycles. The molecule has 3 rings (SSSR count). The predicted octanol–water partition coefficient (Wildman–Crippen LogP) is 1.18. The average Bonchev–Trinajstić information content (AvgIpc) is 3.33. The Morgan fingerprint density at radius 1 is 1.33 bits per heavy atom. The Morgan fingerprint density at radius 3 is 2.81 bits per heavy atom. The van der Waals surface area contributed by atoms with E-state index in [1.807, 2.05) is 0 Å². The Balaban J connectivity index is 1.52. The zero-order valence-electron chi connectivity index (χ0n) is 14.3. The van der Waals surface area contributed by atoms with Crippen LogP contribution in [0.15, 0.2) is 18.2 Å². The molecule has 10 heteroatoms.